The third-order valence-electron chi connectivity index (χ3n) is 2.22. The molecule has 0 aliphatic rings. The van der Waals surface area contributed by atoms with Gasteiger partial charge in [0.05, 0.1) is 24.1 Å². The molecule has 0 radical (unpaired) electrons. The van der Waals surface area contributed by atoms with Gasteiger partial charge in [-0.05, 0) is 18.2 Å². The van der Waals surface area contributed by atoms with E-state index in [0.717, 1.165) is 10.7 Å². The molecular weight excluding hydrogens is 254 g/mol. The molecule has 96 valence electrons. The van der Waals surface area contributed by atoms with Crippen molar-refractivity contribution >= 4 is 0 Å². The van der Waals surface area contributed by atoms with Gasteiger partial charge < -0.3 is 5.11 Å². The highest BCUT2D eigenvalue weighted by atomic mass is 19.4. The first-order chi connectivity index (χ1) is 8.41. The molecule has 0 fully saturated rings. The van der Waals surface area contributed by atoms with E-state index < -0.39 is 17.6 Å². The van der Waals surface area contributed by atoms with E-state index in [0.29, 0.717) is 12.1 Å². The lowest BCUT2D eigenvalue weighted by Crippen LogP contribution is -2.09. The fraction of sp³-hybridized carbons (Fsp3) is 0.200. The monoisotopic (exact) mass is 261 g/mol. The molecule has 0 saturated heterocycles. The molecule has 1 aromatic carbocycles. The van der Waals surface area contributed by atoms with Crippen LogP contribution in [0.2, 0.25) is 0 Å². The van der Waals surface area contributed by atoms with Gasteiger partial charge in [0.1, 0.15) is 11.5 Å². The first kappa shape index (κ1) is 12.5. The molecule has 0 saturated carbocycles. The smallest absolute Gasteiger partial charge is 0.390 e. The van der Waals surface area contributed by atoms with E-state index in [1.165, 1.54) is 6.20 Å². The van der Waals surface area contributed by atoms with Gasteiger partial charge in [0, 0.05) is 0 Å². The van der Waals surface area contributed by atoms with Crippen molar-refractivity contribution in [1.29, 1.82) is 0 Å². The second-order valence-corrected chi connectivity index (χ2v) is 3.47. The van der Waals surface area contributed by atoms with Gasteiger partial charge in [0.25, 0.3) is 0 Å². The number of nitrogens with zero attached hydrogens (tertiary/aromatic N) is 3. The van der Waals surface area contributed by atoms with Crippen LogP contribution in [0.5, 0.6) is 0 Å². The molecule has 2 rings (SSSR count). The van der Waals surface area contributed by atoms with Gasteiger partial charge in [-0.1, -0.05) is 5.21 Å². The molecule has 4 nitrogen and oxygen atoms in total. The summed E-state index contributed by atoms with van der Waals surface area (Å²) in [7, 11) is 0. The minimum absolute atomic E-state index is 0.0101. The van der Waals surface area contributed by atoms with Crippen LogP contribution in [0.1, 0.15) is 11.3 Å². The maximum Gasteiger partial charge on any atom is 0.419 e. The van der Waals surface area contributed by atoms with Crippen molar-refractivity contribution in [3.8, 4) is 5.69 Å². The highest BCUT2D eigenvalue weighted by Gasteiger charge is 2.34. The molecule has 1 N–H and O–H groups in total. The topological polar surface area (TPSA) is 50.9 Å². The number of aliphatic hydroxyl groups excluding tert-OH is 1. The molecule has 0 amide bonds. The lowest BCUT2D eigenvalue weighted by Gasteiger charge is -2.09. The van der Waals surface area contributed by atoms with Crippen LogP contribution in [0.15, 0.2) is 24.4 Å². The Morgan fingerprint density at radius 2 is 2.00 bits per heavy atom. The molecule has 0 bridgehead atoms. The maximum absolute atomic E-state index is 13.0. The standard InChI is InChI=1S/C10H7F4N3O/c11-9-2-1-7(3-8(9)10(12,13)14)17-4-6(5-18)15-16-17/h1-4,18H,5H2. The summed E-state index contributed by atoms with van der Waals surface area (Å²) < 4.78 is 51.5. The summed E-state index contributed by atoms with van der Waals surface area (Å²) in [5.74, 6) is -1.35. The number of rotatable bonds is 2. The van der Waals surface area contributed by atoms with E-state index in [-0.39, 0.29) is 18.0 Å². The Morgan fingerprint density at radius 1 is 1.28 bits per heavy atom. The fourth-order valence-electron chi connectivity index (χ4n) is 1.37. The van der Waals surface area contributed by atoms with Gasteiger partial charge in [-0.25, -0.2) is 9.07 Å². The van der Waals surface area contributed by atoms with Gasteiger partial charge in [0.15, 0.2) is 0 Å². The van der Waals surface area contributed by atoms with Crippen molar-refractivity contribution in [3.05, 3.63) is 41.5 Å². The number of hydrogen-bond donors (Lipinski definition) is 1. The Hall–Kier alpha value is -1.96. The third kappa shape index (κ3) is 2.33. The summed E-state index contributed by atoms with van der Waals surface area (Å²) in [6.07, 6.45) is -3.52. The Labute approximate surface area is 98.5 Å². The lowest BCUT2D eigenvalue weighted by molar-refractivity contribution is -0.140. The molecule has 2 aromatic rings. The first-order valence-electron chi connectivity index (χ1n) is 4.81. The average Bonchev–Trinajstić information content (AvgIpc) is 2.76. The summed E-state index contributed by atoms with van der Waals surface area (Å²) in [5, 5.41) is 15.8. The second kappa shape index (κ2) is 4.37. The van der Waals surface area contributed by atoms with Crippen LogP contribution < -0.4 is 0 Å². The summed E-state index contributed by atoms with van der Waals surface area (Å²) in [6.45, 7) is -0.382. The molecule has 8 heteroatoms. The number of hydrogen-bond acceptors (Lipinski definition) is 3. The predicted octanol–water partition coefficient (Wildman–Crippen LogP) is 1.92. The van der Waals surface area contributed by atoms with E-state index in [2.05, 4.69) is 10.3 Å². The largest absolute Gasteiger partial charge is 0.419 e. The molecule has 1 aromatic heterocycles. The zero-order chi connectivity index (χ0) is 13.3. The van der Waals surface area contributed by atoms with Crippen molar-refractivity contribution in [2.75, 3.05) is 0 Å². The Bertz CT molecular complexity index is 564. The van der Waals surface area contributed by atoms with E-state index in [9.17, 15) is 17.6 Å². The van der Waals surface area contributed by atoms with Crippen LogP contribution in [0.4, 0.5) is 17.6 Å². The molecule has 0 spiro atoms. The van der Waals surface area contributed by atoms with E-state index in [1.54, 1.807) is 0 Å². The summed E-state index contributed by atoms with van der Waals surface area (Å²) in [4.78, 5) is 0. The van der Waals surface area contributed by atoms with E-state index >= 15 is 0 Å². The Balaban J connectivity index is 2.47. The number of alkyl halides is 3. The minimum Gasteiger partial charge on any atom is -0.390 e. The van der Waals surface area contributed by atoms with Crippen LogP contribution >= 0.6 is 0 Å². The zero-order valence-corrected chi connectivity index (χ0v) is 8.82. The summed E-state index contributed by atoms with van der Waals surface area (Å²) in [6, 6.07) is 2.48. The van der Waals surface area contributed by atoms with Crippen LogP contribution in [-0.4, -0.2) is 20.1 Å². The van der Waals surface area contributed by atoms with Gasteiger partial charge in [0.2, 0.25) is 0 Å². The predicted molar refractivity (Wildman–Crippen MR) is 52.2 cm³/mol. The van der Waals surface area contributed by atoms with Gasteiger partial charge in [-0.2, -0.15) is 13.2 Å². The molecular formula is C10H7F4N3O. The number of aromatic nitrogens is 3. The van der Waals surface area contributed by atoms with E-state index in [4.69, 9.17) is 5.11 Å². The normalized spacial score (nSPS) is 11.8. The zero-order valence-electron chi connectivity index (χ0n) is 8.82. The quantitative estimate of drug-likeness (QED) is 0.840. The van der Waals surface area contributed by atoms with Crippen molar-refractivity contribution in [2.24, 2.45) is 0 Å². The van der Waals surface area contributed by atoms with Crippen LogP contribution in [-0.2, 0) is 12.8 Å². The van der Waals surface area contributed by atoms with Gasteiger partial charge >= 0.3 is 6.18 Å². The molecule has 0 aliphatic carbocycles. The lowest BCUT2D eigenvalue weighted by atomic mass is 10.2. The molecule has 0 unspecified atom stereocenters. The minimum atomic E-state index is -4.78. The van der Waals surface area contributed by atoms with Crippen molar-refractivity contribution in [3.63, 3.8) is 0 Å². The highest BCUT2D eigenvalue weighted by Crippen LogP contribution is 2.32. The maximum atomic E-state index is 13.0. The van der Waals surface area contributed by atoms with Crippen molar-refractivity contribution in [2.45, 2.75) is 12.8 Å². The Kier molecular flexibility index (Phi) is 3.04. The highest BCUT2D eigenvalue weighted by molar-refractivity contribution is 5.37. The number of halogens is 4. The van der Waals surface area contributed by atoms with Crippen molar-refractivity contribution < 1.29 is 22.7 Å². The van der Waals surface area contributed by atoms with Crippen molar-refractivity contribution in [1.82, 2.24) is 15.0 Å². The average molecular weight is 261 g/mol. The van der Waals surface area contributed by atoms with Crippen LogP contribution in [0.25, 0.3) is 5.69 Å². The number of aliphatic hydroxyl groups is 1. The SMILES string of the molecule is OCc1cn(-c2ccc(F)c(C(F)(F)F)c2)nn1. The Morgan fingerprint density at radius 3 is 2.56 bits per heavy atom. The molecule has 1 heterocycles. The molecule has 0 aliphatic heterocycles. The fourth-order valence-corrected chi connectivity index (χ4v) is 1.37. The molecule has 18 heavy (non-hydrogen) atoms. The second-order valence-electron chi connectivity index (χ2n) is 3.47. The number of benzene rings is 1. The van der Waals surface area contributed by atoms with Crippen LogP contribution in [0, 0.1) is 5.82 Å². The summed E-state index contributed by atoms with van der Waals surface area (Å²) >= 11 is 0. The first-order valence-corrected chi connectivity index (χ1v) is 4.81. The van der Waals surface area contributed by atoms with Gasteiger partial charge in [-0.3, -0.25) is 0 Å². The third-order valence-corrected chi connectivity index (χ3v) is 2.22. The molecule has 0 atom stereocenters. The van der Waals surface area contributed by atoms with E-state index in [1.807, 2.05) is 0 Å². The summed E-state index contributed by atoms with van der Waals surface area (Å²) in [5.41, 5.74) is -1.16. The van der Waals surface area contributed by atoms with Gasteiger partial charge in [-0.15, -0.1) is 5.10 Å². The van der Waals surface area contributed by atoms with Crippen LogP contribution in [0.3, 0.4) is 0 Å².